The molecule has 2 aromatic rings. The number of rotatable bonds is 9. The Balaban J connectivity index is 1.30. The summed E-state index contributed by atoms with van der Waals surface area (Å²) >= 11 is 1.71. The highest BCUT2D eigenvalue weighted by Gasteiger charge is 2.26. The Labute approximate surface area is 181 Å². The highest BCUT2D eigenvalue weighted by molar-refractivity contribution is 7.98. The molecule has 0 spiro atoms. The number of amides is 2. The lowest BCUT2D eigenvalue weighted by Gasteiger charge is -2.31. The average molecular weight is 430 g/mol. The van der Waals surface area contributed by atoms with Crippen LogP contribution in [-0.4, -0.2) is 47.1 Å². The highest BCUT2D eigenvalue weighted by Crippen LogP contribution is 2.19. The lowest BCUT2D eigenvalue weighted by Crippen LogP contribution is -2.43. The van der Waals surface area contributed by atoms with E-state index in [0.717, 1.165) is 17.2 Å². The third kappa shape index (κ3) is 6.83. The standard InChI is InChI=1S/C23H28FN3O2S/c24-21-7-2-1-5-18(21)8-13-26-23(29)19-9-14-27(15-10-19)22(28)11-16-30-17-20-6-3-4-12-25-20/h1-7,12,19H,8-11,13-17H2,(H,26,29). The van der Waals surface area contributed by atoms with Crippen molar-refractivity contribution in [2.24, 2.45) is 5.92 Å². The summed E-state index contributed by atoms with van der Waals surface area (Å²) in [6, 6.07) is 12.5. The van der Waals surface area contributed by atoms with Crippen molar-refractivity contribution in [1.82, 2.24) is 15.2 Å². The van der Waals surface area contributed by atoms with E-state index in [2.05, 4.69) is 10.3 Å². The van der Waals surface area contributed by atoms with Crippen LogP contribution >= 0.6 is 11.8 Å². The van der Waals surface area contributed by atoms with Crippen molar-refractivity contribution in [2.45, 2.75) is 31.4 Å². The lowest BCUT2D eigenvalue weighted by atomic mass is 9.95. The molecule has 2 amide bonds. The minimum atomic E-state index is -0.239. The number of piperidine rings is 1. The van der Waals surface area contributed by atoms with Gasteiger partial charge in [0.05, 0.1) is 5.69 Å². The molecule has 0 saturated carbocycles. The van der Waals surface area contributed by atoms with Crippen molar-refractivity contribution < 1.29 is 14.0 Å². The normalized spacial score (nSPS) is 14.5. The molecule has 7 heteroatoms. The molecular weight excluding hydrogens is 401 g/mol. The molecule has 0 atom stereocenters. The molecule has 160 valence electrons. The van der Waals surface area contributed by atoms with E-state index in [1.807, 2.05) is 23.1 Å². The second-order valence-corrected chi connectivity index (χ2v) is 8.52. The molecule has 0 unspecified atom stereocenters. The molecule has 0 bridgehead atoms. The molecule has 1 aromatic carbocycles. The number of nitrogens with zero attached hydrogens (tertiary/aromatic N) is 2. The molecule has 1 aliphatic rings. The van der Waals surface area contributed by atoms with Crippen LogP contribution in [0, 0.1) is 11.7 Å². The van der Waals surface area contributed by atoms with Gasteiger partial charge in [-0.25, -0.2) is 4.39 Å². The van der Waals surface area contributed by atoms with Crippen molar-refractivity contribution in [3.8, 4) is 0 Å². The van der Waals surface area contributed by atoms with Gasteiger partial charge in [-0.15, -0.1) is 0 Å². The summed E-state index contributed by atoms with van der Waals surface area (Å²) in [6.07, 6.45) is 4.13. The van der Waals surface area contributed by atoms with Gasteiger partial charge in [0.15, 0.2) is 0 Å². The van der Waals surface area contributed by atoms with Crippen LogP contribution in [0.2, 0.25) is 0 Å². The SMILES string of the molecule is O=C(NCCc1ccccc1F)C1CCN(C(=O)CCSCc2ccccn2)CC1. The number of carbonyl (C=O) groups is 2. The fraction of sp³-hybridized carbons (Fsp3) is 0.435. The predicted molar refractivity (Wildman–Crippen MR) is 117 cm³/mol. The van der Waals surface area contributed by atoms with Gasteiger partial charge >= 0.3 is 0 Å². The van der Waals surface area contributed by atoms with Crippen LogP contribution in [0.4, 0.5) is 4.39 Å². The minimum Gasteiger partial charge on any atom is -0.356 e. The fourth-order valence-electron chi connectivity index (χ4n) is 3.53. The van der Waals surface area contributed by atoms with Gasteiger partial charge in [-0.1, -0.05) is 24.3 Å². The van der Waals surface area contributed by atoms with Gasteiger partial charge in [0.1, 0.15) is 5.82 Å². The number of hydrogen-bond donors (Lipinski definition) is 1. The van der Waals surface area contributed by atoms with Crippen LogP contribution in [0.3, 0.4) is 0 Å². The van der Waals surface area contributed by atoms with E-state index in [1.165, 1.54) is 6.07 Å². The number of likely N-dealkylation sites (tertiary alicyclic amines) is 1. The maximum absolute atomic E-state index is 13.6. The topological polar surface area (TPSA) is 62.3 Å². The summed E-state index contributed by atoms with van der Waals surface area (Å²) in [4.78, 5) is 30.9. The number of carbonyl (C=O) groups excluding carboxylic acids is 2. The number of benzene rings is 1. The predicted octanol–water partition coefficient (Wildman–Crippen LogP) is 3.44. The molecule has 1 aromatic heterocycles. The van der Waals surface area contributed by atoms with E-state index in [0.29, 0.717) is 50.9 Å². The summed E-state index contributed by atoms with van der Waals surface area (Å²) in [6.45, 7) is 1.66. The molecular formula is C23H28FN3O2S. The first-order chi connectivity index (χ1) is 14.6. The summed E-state index contributed by atoms with van der Waals surface area (Å²) in [5.74, 6) is 1.42. The van der Waals surface area contributed by atoms with Crippen LogP contribution in [0.5, 0.6) is 0 Å². The van der Waals surface area contributed by atoms with Gasteiger partial charge in [-0.2, -0.15) is 11.8 Å². The molecule has 0 aliphatic carbocycles. The van der Waals surface area contributed by atoms with Gasteiger partial charge in [-0.05, 0) is 43.0 Å². The zero-order valence-electron chi connectivity index (χ0n) is 17.1. The first kappa shape index (κ1) is 22.3. The van der Waals surface area contributed by atoms with E-state index in [1.54, 1.807) is 36.2 Å². The smallest absolute Gasteiger partial charge is 0.223 e. The van der Waals surface area contributed by atoms with E-state index in [4.69, 9.17) is 0 Å². The lowest BCUT2D eigenvalue weighted by molar-refractivity contribution is -0.135. The average Bonchev–Trinajstić information content (AvgIpc) is 2.78. The second-order valence-electron chi connectivity index (χ2n) is 7.41. The summed E-state index contributed by atoms with van der Waals surface area (Å²) in [5.41, 5.74) is 1.64. The number of pyridine rings is 1. The molecule has 3 rings (SSSR count). The second kappa shape index (κ2) is 11.7. The fourth-order valence-corrected chi connectivity index (χ4v) is 4.38. The summed E-state index contributed by atoms with van der Waals surface area (Å²) in [7, 11) is 0. The Hall–Kier alpha value is -2.41. The van der Waals surface area contributed by atoms with Crippen LogP contribution in [0.1, 0.15) is 30.5 Å². The van der Waals surface area contributed by atoms with Crippen molar-refractivity contribution in [3.05, 3.63) is 65.7 Å². The van der Waals surface area contributed by atoms with Crippen molar-refractivity contribution in [3.63, 3.8) is 0 Å². The Bertz CT molecular complexity index is 826. The van der Waals surface area contributed by atoms with E-state index in [9.17, 15) is 14.0 Å². The highest BCUT2D eigenvalue weighted by atomic mass is 32.2. The van der Waals surface area contributed by atoms with E-state index >= 15 is 0 Å². The molecule has 1 saturated heterocycles. The largest absolute Gasteiger partial charge is 0.356 e. The summed E-state index contributed by atoms with van der Waals surface area (Å²) in [5, 5.41) is 2.91. The van der Waals surface area contributed by atoms with Crippen molar-refractivity contribution in [2.75, 3.05) is 25.4 Å². The van der Waals surface area contributed by atoms with Gasteiger partial charge in [-0.3, -0.25) is 14.6 Å². The summed E-state index contributed by atoms with van der Waals surface area (Å²) < 4.78 is 13.6. The van der Waals surface area contributed by atoms with Crippen LogP contribution in [0.25, 0.3) is 0 Å². The van der Waals surface area contributed by atoms with E-state index in [-0.39, 0.29) is 23.5 Å². The van der Waals surface area contributed by atoms with Crippen molar-refractivity contribution >= 4 is 23.6 Å². The molecule has 5 nitrogen and oxygen atoms in total. The molecule has 2 heterocycles. The number of hydrogen-bond acceptors (Lipinski definition) is 4. The molecule has 1 N–H and O–H groups in total. The Kier molecular flexibility index (Phi) is 8.68. The Morgan fingerprint density at radius 2 is 1.90 bits per heavy atom. The Morgan fingerprint density at radius 1 is 1.13 bits per heavy atom. The third-order valence-corrected chi connectivity index (χ3v) is 6.30. The van der Waals surface area contributed by atoms with Crippen LogP contribution in [-0.2, 0) is 21.8 Å². The molecule has 0 radical (unpaired) electrons. The quantitative estimate of drug-likeness (QED) is 0.621. The Morgan fingerprint density at radius 3 is 2.63 bits per heavy atom. The molecule has 30 heavy (non-hydrogen) atoms. The zero-order chi connectivity index (χ0) is 21.2. The maximum atomic E-state index is 13.6. The number of aromatic nitrogens is 1. The third-order valence-electron chi connectivity index (χ3n) is 5.31. The van der Waals surface area contributed by atoms with Gasteiger partial charge in [0.2, 0.25) is 11.8 Å². The monoisotopic (exact) mass is 429 g/mol. The first-order valence-corrected chi connectivity index (χ1v) is 11.6. The van der Waals surface area contributed by atoms with Crippen LogP contribution in [0.15, 0.2) is 48.7 Å². The minimum absolute atomic E-state index is 0.00403. The molecule has 1 fully saturated rings. The first-order valence-electron chi connectivity index (χ1n) is 10.4. The number of thioether (sulfide) groups is 1. The van der Waals surface area contributed by atoms with Gasteiger partial charge < -0.3 is 10.2 Å². The van der Waals surface area contributed by atoms with E-state index < -0.39 is 0 Å². The van der Waals surface area contributed by atoms with Gasteiger partial charge in [0.25, 0.3) is 0 Å². The molecule has 1 aliphatic heterocycles. The van der Waals surface area contributed by atoms with Crippen LogP contribution < -0.4 is 5.32 Å². The number of halogens is 1. The van der Waals surface area contributed by atoms with Gasteiger partial charge in [0, 0.05) is 49.7 Å². The van der Waals surface area contributed by atoms with Crippen molar-refractivity contribution in [1.29, 1.82) is 0 Å². The maximum Gasteiger partial charge on any atom is 0.223 e. The number of nitrogens with one attached hydrogen (secondary N) is 1. The zero-order valence-corrected chi connectivity index (χ0v) is 17.9.